The summed E-state index contributed by atoms with van der Waals surface area (Å²) in [5.74, 6) is -0.284. The van der Waals surface area contributed by atoms with E-state index in [0.29, 0.717) is 0 Å². The minimum absolute atomic E-state index is 0.0345. The third-order valence-electron chi connectivity index (χ3n) is 4.49. The standard InChI is InChI=1S/C19H26N2O4S2/c1-3-14(4-2)18(22)13-20-19(23)15-7-5-9-17(11-15)27(24,25)21-12-16-8-6-10-26-16/h5-11,14,18,21-22H,3-4,12-13H2,1-2H3,(H,20,23). The average molecular weight is 411 g/mol. The number of amides is 1. The van der Waals surface area contributed by atoms with Gasteiger partial charge >= 0.3 is 0 Å². The second kappa shape index (κ2) is 9.98. The molecule has 0 radical (unpaired) electrons. The molecular weight excluding hydrogens is 384 g/mol. The lowest BCUT2D eigenvalue weighted by molar-refractivity contribution is 0.0816. The van der Waals surface area contributed by atoms with Crippen molar-refractivity contribution in [2.75, 3.05) is 6.54 Å². The van der Waals surface area contributed by atoms with Crippen molar-refractivity contribution in [1.82, 2.24) is 10.0 Å². The second-order valence-corrected chi connectivity index (χ2v) is 9.08. The van der Waals surface area contributed by atoms with Gasteiger partial charge in [0, 0.05) is 23.5 Å². The minimum Gasteiger partial charge on any atom is -0.391 e. The van der Waals surface area contributed by atoms with Crippen LogP contribution in [0.25, 0.3) is 0 Å². The van der Waals surface area contributed by atoms with Crippen molar-refractivity contribution in [3.05, 3.63) is 52.2 Å². The molecule has 0 fully saturated rings. The fraction of sp³-hybridized carbons (Fsp3) is 0.421. The number of hydrogen-bond donors (Lipinski definition) is 3. The lowest BCUT2D eigenvalue weighted by Crippen LogP contribution is -2.36. The van der Waals surface area contributed by atoms with Crippen LogP contribution in [-0.2, 0) is 16.6 Å². The van der Waals surface area contributed by atoms with Crippen LogP contribution in [-0.4, -0.2) is 32.1 Å². The quantitative estimate of drug-likeness (QED) is 0.561. The molecule has 1 aromatic heterocycles. The number of hydrogen-bond acceptors (Lipinski definition) is 5. The van der Waals surface area contributed by atoms with Gasteiger partial charge in [0.15, 0.2) is 0 Å². The SMILES string of the molecule is CCC(CC)C(O)CNC(=O)c1cccc(S(=O)(=O)NCc2cccs2)c1. The predicted octanol–water partition coefficient (Wildman–Crippen LogP) is 2.75. The summed E-state index contributed by atoms with van der Waals surface area (Å²) < 4.78 is 27.4. The summed E-state index contributed by atoms with van der Waals surface area (Å²) in [5, 5.41) is 14.7. The molecule has 1 unspecified atom stereocenters. The summed E-state index contributed by atoms with van der Waals surface area (Å²) in [6.07, 6.45) is 1.04. The first-order chi connectivity index (χ1) is 12.9. The first-order valence-electron chi connectivity index (χ1n) is 8.95. The molecule has 1 aromatic carbocycles. The van der Waals surface area contributed by atoms with Gasteiger partial charge in [0.1, 0.15) is 0 Å². The molecule has 0 aliphatic heterocycles. The van der Waals surface area contributed by atoms with Gasteiger partial charge < -0.3 is 10.4 Å². The smallest absolute Gasteiger partial charge is 0.251 e. The highest BCUT2D eigenvalue weighted by atomic mass is 32.2. The van der Waals surface area contributed by atoms with Crippen LogP contribution in [0.15, 0.2) is 46.7 Å². The maximum absolute atomic E-state index is 12.5. The first-order valence-corrected chi connectivity index (χ1v) is 11.3. The Hall–Kier alpha value is -1.74. The number of carbonyl (C=O) groups is 1. The highest BCUT2D eigenvalue weighted by Crippen LogP contribution is 2.15. The van der Waals surface area contributed by atoms with Crippen molar-refractivity contribution in [2.24, 2.45) is 5.92 Å². The Morgan fingerprint density at radius 1 is 1.19 bits per heavy atom. The summed E-state index contributed by atoms with van der Waals surface area (Å²) in [5.41, 5.74) is 0.241. The van der Waals surface area contributed by atoms with E-state index in [1.54, 1.807) is 6.07 Å². The van der Waals surface area contributed by atoms with Gasteiger partial charge in [-0.1, -0.05) is 38.8 Å². The zero-order valence-corrected chi connectivity index (χ0v) is 17.1. The van der Waals surface area contributed by atoms with Crippen molar-refractivity contribution in [2.45, 2.75) is 44.2 Å². The maximum Gasteiger partial charge on any atom is 0.251 e. The van der Waals surface area contributed by atoms with Gasteiger partial charge in [-0.3, -0.25) is 4.79 Å². The highest BCUT2D eigenvalue weighted by Gasteiger charge is 2.19. The largest absolute Gasteiger partial charge is 0.391 e. The van der Waals surface area contributed by atoms with E-state index in [-0.39, 0.29) is 29.5 Å². The van der Waals surface area contributed by atoms with Gasteiger partial charge in [-0.15, -0.1) is 11.3 Å². The summed E-state index contributed by atoms with van der Waals surface area (Å²) in [7, 11) is -3.72. The molecule has 3 N–H and O–H groups in total. The Labute approximate surface area is 164 Å². The summed E-state index contributed by atoms with van der Waals surface area (Å²) in [6.45, 7) is 4.34. The fourth-order valence-corrected chi connectivity index (χ4v) is 4.55. The maximum atomic E-state index is 12.5. The summed E-state index contributed by atoms with van der Waals surface area (Å²) >= 11 is 1.47. The Morgan fingerprint density at radius 2 is 1.93 bits per heavy atom. The van der Waals surface area contributed by atoms with Crippen LogP contribution in [0.2, 0.25) is 0 Å². The Bertz CT molecular complexity index is 831. The number of aliphatic hydroxyl groups is 1. The Morgan fingerprint density at radius 3 is 2.56 bits per heavy atom. The molecule has 1 atom stereocenters. The molecule has 1 heterocycles. The topological polar surface area (TPSA) is 95.5 Å². The van der Waals surface area contributed by atoms with E-state index in [0.717, 1.165) is 17.7 Å². The monoisotopic (exact) mass is 410 g/mol. The van der Waals surface area contributed by atoms with Gasteiger partial charge in [0.25, 0.3) is 5.91 Å². The van der Waals surface area contributed by atoms with Crippen molar-refractivity contribution in [3.8, 4) is 0 Å². The molecule has 148 valence electrons. The van der Waals surface area contributed by atoms with Gasteiger partial charge in [-0.2, -0.15) is 0 Å². The predicted molar refractivity (Wildman–Crippen MR) is 107 cm³/mol. The molecule has 27 heavy (non-hydrogen) atoms. The number of nitrogens with one attached hydrogen (secondary N) is 2. The fourth-order valence-electron chi connectivity index (χ4n) is 2.77. The molecule has 0 saturated heterocycles. The number of rotatable bonds is 10. The van der Waals surface area contributed by atoms with E-state index in [9.17, 15) is 18.3 Å². The summed E-state index contributed by atoms with van der Waals surface area (Å²) in [4.78, 5) is 13.3. The lowest BCUT2D eigenvalue weighted by atomic mass is 9.96. The van der Waals surface area contributed by atoms with Crippen LogP contribution in [0, 0.1) is 5.92 Å². The van der Waals surface area contributed by atoms with Gasteiger partial charge in [-0.05, 0) is 35.6 Å². The van der Waals surface area contributed by atoms with E-state index in [4.69, 9.17) is 0 Å². The molecule has 0 aliphatic rings. The molecule has 2 aromatic rings. The van der Waals surface area contributed by atoms with Crippen LogP contribution in [0.1, 0.15) is 41.9 Å². The minimum atomic E-state index is -3.72. The summed E-state index contributed by atoms with van der Waals surface area (Å²) in [6, 6.07) is 9.59. The van der Waals surface area contributed by atoms with Crippen LogP contribution < -0.4 is 10.0 Å². The molecule has 0 spiro atoms. The molecular formula is C19H26N2O4S2. The molecule has 0 saturated carbocycles. The van der Waals surface area contributed by atoms with Crippen molar-refractivity contribution in [1.29, 1.82) is 0 Å². The highest BCUT2D eigenvalue weighted by molar-refractivity contribution is 7.89. The normalized spacial score (nSPS) is 12.9. The van der Waals surface area contributed by atoms with E-state index in [1.165, 1.54) is 29.5 Å². The molecule has 6 nitrogen and oxygen atoms in total. The first kappa shape index (κ1) is 21.6. The van der Waals surface area contributed by atoms with Gasteiger partial charge in [-0.25, -0.2) is 13.1 Å². The van der Waals surface area contributed by atoms with E-state index >= 15 is 0 Å². The molecule has 1 amide bonds. The van der Waals surface area contributed by atoms with E-state index in [1.807, 2.05) is 31.4 Å². The third-order valence-corrected chi connectivity index (χ3v) is 6.76. The number of carbonyl (C=O) groups excluding carboxylic acids is 1. The second-order valence-electron chi connectivity index (χ2n) is 6.29. The van der Waals surface area contributed by atoms with Crippen LogP contribution >= 0.6 is 11.3 Å². The van der Waals surface area contributed by atoms with Crippen LogP contribution in [0.5, 0.6) is 0 Å². The molecule has 0 bridgehead atoms. The number of benzene rings is 1. The number of sulfonamides is 1. The molecule has 8 heteroatoms. The van der Waals surface area contributed by atoms with Gasteiger partial charge in [0.05, 0.1) is 11.0 Å². The zero-order valence-electron chi connectivity index (χ0n) is 15.5. The lowest BCUT2D eigenvalue weighted by Gasteiger charge is -2.20. The van der Waals surface area contributed by atoms with Crippen molar-refractivity contribution >= 4 is 27.3 Å². The molecule has 0 aliphatic carbocycles. The van der Waals surface area contributed by atoms with Crippen LogP contribution in [0.4, 0.5) is 0 Å². The van der Waals surface area contributed by atoms with E-state index in [2.05, 4.69) is 10.0 Å². The van der Waals surface area contributed by atoms with E-state index < -0.39 is 22.0 Å². The van der Waals surface area contributed by atoms with Crippen LogP contribution in [0.3, 0.4) is 0 Å². The van der Waals surface area contributed by atoms with Crippen molar-refractivity contribution in [3.63, 3.8) is 0 Å². The molecule has 2 rings (SSSR count). The third kappa shape index (κ3) is 6.14. The Balaban J connectivity index is 2.02. The van der Waals surface area contributed by atoms with Crippen molar-refractivity contribution < 1.29 is 18.3 Å². The zero-order chi connectivity index (χ0) is 19.9. The van der Waals surface area contributed by atoms with Gasteiger partial charge in [0.2, 0.25) is 10.0 Å². The number of thiophene rings is 1. The number of aliphatic hydroxyl groups excluding tert-OH is 1. The average Bonchev–Trinajstić information content (AvgIpc) is 3.19. The Kier molecular flexibility index (Phi) is 7.97.